The molecule has 0 aromatic heterocycles. The molecule has 116 valence electrons. The average Bonchev–Trinajstić information content (AvgIpc) is 2.41. The van der Waals surface area contributed by atoms with Gasteiger partial charge in [-0.1, -0.05) is 12.1 Å². The van der Waals surface area contributed by atoms with Gasteiger partial charge in [-0.2, -0.15) is 0 Å². The molecule has 0 unspecified atom stereocenters. The van der Waals surface area contributed by atoms with Crippen LogP contribution in [-0.2, 0) is 21.1 Å². The van der Waals surface area contributed by atoms with Gasteiger partial charge in [-0.05, 0) is 29.8 Å². The lowest BCUT2D eigenvalue weighted by Gasteiger charge is -2.08. The summed E-state index contributed by atoms with van der Waals surface area (Å²) < 4.78 is 51.0. The van der Waals surface area contributed by atoms with Crippen LogP contribution in [0, 0.1) is 11.6 Å². The molecule has 4 nitrogen and oxygen atoms in total. The second-order valence-corrected chi connectivity index (χ2v) is 6.81. The van der Waals surface area contributed by atoms with Crippen LogP contribution in [0.25, 0.3) is 11.1 Å². The van der Waals surface area contributed by atoms with Crippen LogP contribution in [0.3, 0.4) is 0 Å². The first-order valence-electron chi connectivity index (χ1n) is 6.18. The summed E-state index contributed by atoms with van der Waals surface area (Å²) in [7, 11) is -3.47. The van der Waals surface area contributed by atoms with Gasteiger partial charge in [-0.25, -0.2) is 17.2 Å². The minimum atomic E-state index is -3.47. The number of benzene rings is 2. The van der Waals surface area contributed by atoms with E-state index in [0.717, 1.165) is 18.4 Å². The van der Waals surface area contributed by atoms with E-state index in [1.807, 2.05) is 0 Å². The summed E-state index contributed by atoms with van der Waals surface area (Å²) in [5.41, 5.74) is -0.202. The van der Waals surface area contributed by atoms with Crippen LogP contribution in [-0.4, -0.2) is 25.7 Å². The molecular weight excluding hydrogens is 314 g/mol. The molecule has 0 saturated heterocycles. The van der Waals surface area contributed by atoms with Gasteiger partial charge in [0.1, 0.15) is 11.6 Å². The Morgan fingerprint density at radius 1 is 1.14 bits per heavy atom. The predicted octanol–water partition coefficient (Wildman–Crippen LogP) is 2.66. The number of aliphatic carboxylic acids is 1. The summed E-state index contributed by atoms with van der Waals surface area (Å²) in [4.78, 5) is 10.6. The Hall–Kier alpha value is -2.28. The van der Waals surface area contributed by atoms with Crippen molar-refractivity contribution in [3.63, 3.8) is 0 Å². The third-order valence-electron chi connectivity index (χ3n) is 3.05. The van der Waals surface area contributed by atoms with E-state index in [4.69, 9.17) is 5.11 Å². The molecule has 0 atom stereocenters. The number of halogens is 2. The first-order chi connectivity index (χ1) is 10.2. The number of sulfone groups is 1. The van der Waals surface area contributed by atoms with Crippen molar-refractivity contribution < 1.29 is 27.1 Å². The molecule has 2 rings (SSSR count). The molecule has 0 spiro atoms. The number of carboxylic acids is 1. The fourth-order valence-electron chi connectivity index (χ4n) is 2.00. The van der Waals surface area contributed by atoms with E-state index in [2.05, 4.69) is 0 Å². The van der Waals surface area contributed by atoms with Gasteiger partial charge in [0.2, 0.25) is 0 Å². The van der Waals surface area contributed by atoms with Gasteiger partial charge in [-0.3, -0.25) is 4.79 Å². The average molecular weight is 326 g/mol. The molecular formula is C15H12F2O4S. The highest BCUT2D eigenvalue weighted by atomic mass is 32.2. The lowest BCUT2D eigenvalue weighted by atomic mass is 10.0. The van der Waals surface area contributed by atoms with Crippen LogP contribution in [0.1, 0.15) is 5.56 Å². The van der Waals surface area contributed by atoms with Crippen LogP contribution in [0.2, 0.25) is 0 Å². The quantitative estimate of drug-likeness (QED) is 0.937. The van der Waals surface area contributed by atoms with Gasteiger partial charge in [0.15, 0.2) is 9.84 Å². The lowest BCUT2D eigenvalue weighted by molar-refractivity contribution is -0.136. The normalized spacial score (nSPS) is 11.4. The largest absolute Gasteiger partial charge is 0.481 e. The molecule has 2 aromatic carbocycles. The SMILES string of the molecule is CS(=O)(=O)c1cccc(-c2cc(F)c(CC(=O)O)cc2F)c1. The first-order valence-corrected chi connectivity index (χ1v) is 8.08. The standard InChI is InChI=1S/C15H12F2O4S/c1-22(20,21)11-4-2-3-9(5-11)12-8-13(16)10(6-14(12)17)7-15(18)19/h2-6,8H,7H2,1H3,(H,18,19). The Labute approximate surface area is 125 Å². The number of rotatable bonds is 4. The Bertz CT molecular complexity index is 845. The van der Waals surface area contributed by atoms with Crippen LogP contribution in [0.5, 0.6) is 0 Å². The van der Waals surface area contributed by atoms with Gasteiger partial charge >= 0.3 is 5.97 Å². The zero-order valence-corrected chi connectivity index (χ0v) is 12.3. The highest BCUT2D eigenvalue weighted by Crippen LogP contribution is 2.27. The molecule has 1 N–H and O–H groups in total. The molecule has 0 saturated carbocycles. The number of carbonyl (C=O) groups is 1. The van der Waals surface area contributed by atoms with Gasteiger partial charge < -0.3 is 5.11 Å². The van der Waals surface area contributed by atoms with Crippen LogP contribution >= 0.6 is 0 Å². The Morgan fingerprint density at radius 2 is 1.82 bits per heavy atom. The van der Waals surface area contributed by atoms with Crippen molar-refractivity contribution in [2.24, 2.45) is 0 Å². The summed E-state index contributed by atoms with van der Waals surface area (Å²) in [6.45, 7) is 0. The van der Waals surface area contributed by atoms with E-state index in [0.29, 0.717) is 0 Å². The molecule has 7 heteroatoms. The van der Waals surface area contributed by atoms with E-state index in [-0.39, 0.29) is 21.6 Å². The summed E-state index contributed by atoms with van der Waals surface area (Å²) in [6.07, 6.45) is 0.380. The zero-order chi connectivity index (χ0) is 16.5. The predicted molar refractivity (Wildman–Crippen MR) is 76.2 cm³/mol. The van der Waals surface area contributed by atoms with E-state index >= 15 is 0 Å². The van der Waals surface area contributed by atoms with Gasteiger partial charge in [0, 0.05) is 17.4 Å². The maximum absolute atomic E-state index is 14.1. The smallest absolute Gasteiger partial charge is 0.307 e. The van der Waals surface area contributed by atoms with Crippen molar-refractivity contribution >= 4 is 15.8 Å². The van der Waals surface area contributed by atoms with Crippen LogP contribution in [0.4, 0.5) is 8.78 Å². The van der Waals surface area contributed by atoms with Gasteiger partial charge in [-0.15, -0.1) is 0 Å². The molecule has 0 aliphatic carbocycles. The van der Waals surface area contributed by atoms with Gasteiger partial charge in [0.05, 0.1) is 11.3 Å². The second kappa shape index (κ2) is 5.84. The molecule has 0 aliphatic rings. The van der Waals surface area contributed by atoms with Crippen molar-refractivity contribution in [3.8, 4) is 11.1 Å². The lowest BCUT2D eigenvalue weighted by Crippen LogP contribution is -2.04. The highest BCUT2D eigenvalue weighted by molar-refractivity contribution is 7.90. The van der Waals surface area contributed by atoms with Crippen molar-refractivity contribution in [1.82, 2.24) is 0 Å². The molecule has 0 radical (unpaired) electrons. The summed E-state index contributed by atoms with van der Waals surface area (Å²) in [6, 6.07) is 7.15. The van der Waals surface area contributed by atoms with E-state index in [1.165, 1.54) is 24.3 Å². The molecule has 0 amide bonds. The van der Waals surface area contributed by atoms with Crippen molar-refractivity contribution in [2.75, 3.05) is 6.26 Å². The van der Waals surface area contributed by atoms with Crippen molar-refractivity contribution in [2.45, 2.75) is 11.3 Å². The zero-order valence-electron chi connectivity index (χ0n) is 11.5. The Balaban J connectivity index is 2.54. The molecule has 0 bridgehead atoms. The summed E-state index contributed by atoms with van der Waals surface area (Å²) in [5, 5.41) is 8.64. The molecule has 22 heavy (non-hydrogen) atoms. The number of hydrogen-bond acceptors (Lipinski definition) is 3. The minimum Gasteiger partial charge on any atom is -0.481 e. The third kappa shape index (κ3) is 3.48. The van der Waals surface area contributed by atoms with Crippen molar-refractivity contribution in [3.05, 3.63) is 53.6 Å². The molecule has 0 fully saturated rings. The minimum absolute atomic E-state index is 0.0144. The Kier molecular flexibility index (Phi) is 4.27. The molecule has 0 aliphatic heterocycles. The van der Waals surface area contributed by atoms with E-state index < -0.39 is 33.9 Å². The summed E-state index contributed by atoms with van der Waals surface area (Å²) in [5.74, 6) is -2.95. The topological polar surface area (TPSA) is 71.4 Å². The van der Waals surface area contributed by atoms with Gasteiger partial charge in [0.25, 0.3) is 0 Å². The van der Waals surface area contributed by atoms with E-state index in [9.17, 15) is 22.0 Å². The molecule has 0 heterocycles. The molecule has 2 aromatic rings. The summed E-state index contributed by atoms with van der Waals surface area (Å²) >= 11 is 0. The first kappa shape index (κ1) is 16.1. The van der Waals surface area contributed by atoms with Crippen molar-refractivity contribution in [1.29, 1.82) is 0 Å². The monoisotopic (exact) mass is 326 g/mol. The van der Waals surface area contributed by atoms with E-state index in [1.54, 1.807) is 0 Å². The third-order valence-corrected chi connectivity index (χ3v) is 4.16. The highest BCUT2D eigenvalue weighted by Gasteiger charge is 2.15. The van der Waals surface area contributed by atoms with Crippen LogP contribution < -0.4 is 0 Å². The fraction of sp³-hybridized carbons (Fsp3) is 0.133. The second-order valence-electron chi connectivity index (χ2n) is 4.79. The number of hydrogen-bond donors (Lipinski definition) is 1. The fourth-order valence-corrected chi connectivity index (χ4v) is 2.67. The maximum Gasteiger partial charge on any atom is 0.307 e. The Morgan fingerprint density at radius 3 is 2.41 bits per heavy atom. The van der Waals surface area contributed by atoms with Crippen LogP contribution in [0.15, 0.2) is 41.3 Å². The number of carboxylic acid groups (broad SMARTS) is 1. The maximum atomic E-state index is 14.1.